The number of amides is 1. The molecule has 0 radical (unpaired) electrons. The average molecular weight is 447 g/mol. The summed E-state index contributed by atoms with van der Waals surface area (Å²) in [6.07, 6.45) is 0.709. The molecular formula is C18H20Cl2N2O5S. The Bertz CT molecular complexity index is 905. The van der Waals surface area contributed by atoms with E-state index < -0.39 is 10.0 Å². The van der Waals surface area contributed by atoms with E-state index in [0.29, 0.717) is 36.0 Å². The van der Waals surface area contributed by atoms with Gasteiger partial charge in [0.1, 0.15) is 5.75 Å². The number of sulfonamides is 1. The molecule has 0 spiro atoms. The van der Waals surface area contributed by atoms with Gasteiger partial charge in [-0.25, -0.2) is 8.42 Å². The number of hydrogen-bond acceptors (Lipinski definition) is 5. The Balaban J connectivity index is 1.91. The third kappa shape index (κ3) is 6.87. The summed E-state index contributed by atoms with van der Waals surface area (Å²) < 4.78 is 37.5. The van der Waals surface area contributed by atoms with Crippen molar-refractivity contribution in [3.63, 3.8) is 0 Å². The van der Waals surface area contributed by atoms with Gasteiger partial charge in [0.15, 0.2) is 6.61 Å². The molecule has 10 heteroatoms. The maximum Gasteiger partial charge on any atom is 0.261 e. The second-order valence-corrected chi connectivity index (χ2v) is 8.19. The van der Waals surface area contributed by atoms with E-state index in [4.69, 9.17) is 32.7 Å². The monoisotopic (exact) mass is 446 g/mol. The third-order valence-electron chi connectivity index (χ3n) is 3.52. The molecule has 1 amide bonds. The molecule has 2 rings (SSSR count). The normalized spacial score (nSPS) is 11.1. The first-order valence-electron chi connectivity index (χ1n) is 8.28. The zero-order valence-corrected chi connectivity index (χ0v) is 17.4. The predicted octanol–water partition coefficient (Wildman–Crippen LogP) is 3.33. The Labute approximate surface area is 174 Å². The summed E-state index contributed by atoms with van der Waals surface area (Å²) in [6.45, 7) is 0.890. The molecule has 152 valence electrons. The number of halogens is 2. The topological polar surface area (TPSA) is 93.7 Å². The quantitative estimate of drug-likeness (QED) is 0.545. The minimum atomic E-state index is -3.81. The van der Waals surface area contributed by atoms with Crippen LogP contribution in [-0.2, 0) is 19.6 Å². The number of methoxy groups -OCH3 is 1. The summed E-state index contributed by atoms with van der Waals surface area (Å²) in [5.74, 6) is 0.106. The molecule has 0 saturated heterocycles. The molecule has 2 N–H and O–H groups in total. The van der Waals surface area contributed by atoms with E-state index in [1.165, 1.54) is 42.5 Å². The van der Waals surface area contributed by atoms with E-state index in [-0.39, 0.29) is 22.4 Å². The fourth-order valence-electron chi connectivity index (χ4n) is 2.13. The minimum absolute atomic E-state index is 0.0370. The van der Waals surface area contributed by atoms with Gasteiger partial charge in [-0.3, -0.25) is 9.52 Å². The Hall–Kier alpha value is -2.00. The predicted molar refractivity (Wildman–Crippen MR) is 109 cm³/mol. The largest absolute Gasteiger partial charge is 0.484 e. The van der Waals surface area contributed by atoms with Crippen molar-refractivity contribution in [2.45, 2.75) is 11.3 Å². The van der Waals surface area contributed by atoms with Crippen LogP contribution in [0.5, 0.6) is 5.75 Å². The second kappa shape index (κ2) is 10.5. The van der Waals surface area contributed by atoms with Gasteiger partial charge < -0.3 is 14.8 Å². The summed E-state index contributed by atoms with van der Waals surface area (Å²) in [5.41, 5.74) is 0.292. The SMILES string of the molecule is COCCCNC(=O)COc1ccc(S(=O)(=O)Nc2ccc(Cl)c(Cl)c2)cc1. The first kappa shape index (κ1) is 22.3. The van der Waals surface area contributed by atoms with E-state index in [1.54, 1.807) is 7.11 Å². The van der Waals surface area contributed by atoms with Gasteiger partial charge in [0.2, 0.25) is 0 Å². The van der Waals surface area contributed by atoms with Crippen LogP contribution in [0.4, 0.5) is 5.69 Å². The van der Waals surface area contributed by atoms with Crippen molar-refractivity contribution in [3.8, 4) is 5.75 Å². The lowest BCUT2D eigenvalue weighted by Crippen LogP contribution is -2.30. The lowest BCUT2D eigenvalue weighted by molar-refractivity contribution is -0.123. The zero-order valence-electron chi connectivity index (χ0n) is 15.1. The van der Waals surface area contributed by atoms with E-state index in [0.717, 1.165) is 0 Å². The van der Waals surface area contributed by atoms with Crippen LogP contribution in [0.2, 0.25) is 10.0 Å². The molecule has 0 saturated carbocycles. The molecule has 0 unspecified atom stereocenters. The fraction of sp³-hybridized carbons (Fsp3) is 0.278. The van der Waals surface area contributed by atoms with Crippen LogP contribution in [0.3, 0.4) is 0 Å². The van der Waals surface area contributed by atoms with Crippen molar-refractivity contribution in [1.82, 2.24) is 5.32 Å². The van der Waals surface area contributed by atoms with Crippen LogP contribution in [0.1, 0.15) is 6.42 Å². The maximum absolute atomic E-state index is 12.4. The number of anilines is 1. The summed E-state index contributed by atoms with van der Waals surface area (Å²) >= 11 is 11.7. The number of rotatable bonds is 10. The minimum Gasteiger partial charge on any atom is -0.484 e. The van der Waals surface area contributed by atoms with E-state index >= 15 is 0 Å². The number of carbonyl (C=O) groups is 1. The van der Waals surface area contributed by atoms with E-state index in [2.05, 4.69) is 10.0 Å². The molecule has 0 bridgehead atoms. The Kier molecular flexibility index (Phi) is 8.37. The molecule has 0 aromatic heterocycles. The lowest BCUT2D eigenvalue weighted by atomic mass is 10.3. The van der Waals surface area contributed by atoms with Crippen LogP contribution >= 0.6 is 23.2 Å². The van der Waals surface area contributed by atoms with Crippen molar-refractivity contribution in [2.75, 3.05) is 31.6 Å². The summed E-state index contributed by atoms with van der Waals surface area (Å²) in [5, 5.41) is 3.26. The number of carbonyl (C=O) groups excluding carboxylic acids is 1. The number of nitrogens with one attached hydrogen (secondary N) is 2. The van der Waals surface area contributed by atoms with Crippen molar-refractivity contribution < 1.29 is 22.7 Å². The number of benzene rings is 2. The van der Waals surface area contributed by atoms with Crippen molar-refractivity contribution in [2.24, 2.45) is 0 Å². The fourth-order valence-corrected chi connectivity index (χ4v) is 3.48. The Morgan fingerprint density at radius 3 is 2.43 bits per heavy atom. The van der Waals surface area contributed by atoms with Crippen molar-refractivity contribution in [1.29, 1.82) is 0 Å². The van der Waals surface area contributed by atoms with Crippen molar-refractivity contribution >= 4 is 44.8 Å². The third-order valence-corrected chi connectivity index (χ3v) is 5.66. The van der Waals surface area contributed by atoms with Gasteiger partial charge in [0.25, 0.3) is 15.9 Å². The molecule has 28 heavy (non-hydrogen) atoms. The first-order valence-corrected chi connectivity index (χ1v) is 10.5. The van der Waals surface area contributed by atoms with Gasteiger partial charge in [-0.1, -0.05) is 23.2 Å². The Morgan fingerprint density at radius 1 is 1.07 bits per heavy atom. The van der Waals surface area contributed by atoms with Gasteiger partial charge >= 0.3 is 0 Å². The molecule has 7 nitrogen and oxygen atoms in total. The molecule has 2 aromatic carbocycles. The van der Waals surface area contributed by atoms with Crippen LogP contribution in [0, 0.1) is 0 Å². The number of ether oxygens (including phenoxy) is 2. The standard InChI is InChI=1S/C18H20Cl2N2O5S/c1-26-10-2-9-21-18(23)12-27-14-4-6-15(7-5-14)28(24,25)22-13-3-8-16(19)17(20)11-13/h3-8,11,22H,2,9-10,12H2,1H3,(H,21,23). The highest BCUT2D eigenvalue weighted by Gasteiger charge is 2.15. The summed E-state index contributed by atoms with van der Waals surface area (Å²) in [4.78, 5) is 11.7. The van der Waals surface area contributed by atoms with Crippen LogP contribution < -0.4 is 14.8 Å². The average Bonchev–Trinajstić information content (AvgIpc) is 2.66. The van der Waals surface area contributed by atoms with Crippen LogP contribution in [-0.4, -0.2) is 41.2 Å². The maximum atomic E-state index is 12.4. The molecule has 0 aliphatic heterocycles. The molecule has 0 aliphatic carbocycles. The lowest BCUT2D eigenvalue weighted by Gasteiger charge is -2.10. The molecule has 0 fully saturated rings. The molecular weight excluding hydrogens is 427 g/mol. The van der Waals surface area contributed by atoms with E-state index in [9.17, 15) is 13.2 Å². The molecule has 0 heterocycles. The van der Waals surface area contributed by atoms with E-state index in [1.807, 2.05) is 0 Å². The van der Waals surface area contributed by atoms with Gasteiger partial charge in [0, 0.05) is 20.3 Å². The second-order valence-electron chi connectivity index (χ2n) is 5.69. The van der Waals surface area contributed by atoms with Crippen LogP contribution in [0.25, 0.3) is 0 Å². The smallest absolute Gasteiger partial charge is 0.261 e. The summed E-state index contributed by atoms with van der Waals surface area (Å²) in [7, 11) is -2.21. The van der Waals surface area contributed by atoms with Crippen LogP contribution in [0.15, 0.2) is 47.4 Å². The van der Waals surface area contributed by atoms with Gasteiger partial charge in [-0.15, -0.1) is 0 Å². The molecule has 0 aliphatic rings. The highest BCUT2D eigenvalue weighted by atomic mass is 35.5. The zero-order chi connectivity index (χ0) is 20.6. The van der Waals surface area contributed by atoms with Gasteiger partial charge in [0.05, 0.1) is 20.6 Å². The molecule has 0 atom stereocenters. The van der Waals surface area contributed by atoms with Crippen molar-refractivity contribution in [3.05, 3.63) is 52.5 Å². The Morgan fingerprint density at radius 2 is 1.79 bits per heavy atom. The highest BCUT2D eigenvalue weighted by Crippen LogP contribution is 2.26. The summed E-state index contributed by atoms with van der Waals surface area (Å²) in [6, 6.07) is 10.1. The number of hydrogen-bond donors (Lipinski definition) is 2. The molecule has 2 aromatic rings. The highest BCUT2D eigenvalue weighted by molar-refractivity contribution is 7.92. The van der Waals surface area contributed by atoms with Gasteiger partial charge in [-0.2, -0.15) is 0 Å². The first-order chi connectivity index (χ1) is 13.3. The van der Waals surface area contributed by atoms with Gasteiger partial charge in [-0.05, 0) is 48.9 Å².